The molecule has 0 bridgehead atoms. The van der Waals surface area contributed by atoms with Crippen LogP contribution in [-0.2, 0) is 4.74 Å². The first-order valence-corrected chi connectivity index (χ1v) is 10.4. The topological polar surface area (TPSA) is 111 Å². The molecule has 0 saturated heterocycles. The third kappa shape index (κ3) is 5.19. The van der Waals surface area contributed by atoms with Crippen molar-refractivity contribution in [2.24, 2.45) is 0 Å². The van der Waals surface area contributed by atoms with E-state index in [0.29, 0.717) is 26.8 Å². The molecule has 2 aromatic carbocycles. The highest BCUT2D eigenvalue weighted by Gasteiger charge is 2.26. The monoisotopic (exact) mass is 459 g/mol. The number of halogens is 1. The minimum absolute atomic E-state index is 0.0602. The van der Waals surface area contributed by atoms with Gasteiger partial charge in [-0.1, -0.05) is 11.6 Å². The predicted molar refractivity (Wildman–Crippen MR) is 121 cm³/mol. The molecule has 1 aromatic heterocycles. The first kappa shape index (κ1) is 22.3. The molecule has 0 fully saturated rings. The van der Waals surface area contributed by atoms with Crippen LogP contribution in [0.3, 0.4) is 0 Å². The molecule has 0 saturated carbocycles. The van der Waals surface area contributed by atoms with Gasteiger partial charge in [-0.05, 0) is 55.8 Å². The lowest BCUT2D eigenvalue weighted by Crippen LogP contribution is -2.20. The number of rotatable bonds is 6. The zero-order valence-electron chi connectivity index (χ0n) is 16.6. The molecular weight excluding hydrogens is 442 g/mol. The van der Waals surface area contributed by atoms with E-state index in [1.165, 1.54) is 23.5 Å². The summed E-state index contributed by atoms with van der Waals surface area (Å²) in [6.45, 7) is 3.64. The fourth-order valence-corrected chi connectivity index (χ4v) is 4.11. The number of anilines is 2. The fraction of sp³-hybridized carbons (Fsp3) is 0.143. The Morgan fingerprint density at radius 1 is 1.10 bits per heavy atom. The Labute approximate surface area is 187 Å². The van der Waals surface area contributed by atoms with Gasteiger partial charge in [0.05, 0.1) is 11.5 Å². The van der Waals surface area contributed by atoms with Gasteiger partial charge in [-0.25, -0.2) is 9.59 Å². The number of carbonyl (C=O) groups excluding carboxylic acids is 2. The van der Waals surface area contributed by atoms with E-state index in [2.05, 4.69) is 10.6 Å². The summed E-state index contributed by atoms with van der Waals surface area (Å²) in [4.78, 5) is 36.4. The number of amides is 2. The van der Waals surface area contributed by atoms with Gasteiger partial charge >= 0.3 is 12.0 Å². The number of nitro benzene ring substituents is 1. The van der Waals surface area contributed by atoms with Crippen LogP contribution in [0.5, 0.6) is 0 Å². The van der Waals surface area contributed by atoms with Gasteiger partial charge < -0.3 is 10.1 Å². The van der Waals surface area contributed by atoms with Crippen LogP contribution in [0, 0.1) is 17.0 Å². The third-order valence-electron chi connectivity index (χ3n) is 4.26. The molecule has 10 heteroatoms. The van der Waals surface area contributed by atoms with E-state index >= 15 is 0 Å². The molecule has 0 spiro atoms. The summed E-state index contributed by atoms with van der Waals surface area (Å²) in [6.07, 6.45) is 0. The van der Waals surface area contributed by atoms with Crippen LogP contribution in [0.15, 0.2) is 48.5 Å². The van der Waals surface area contributed by atoms with E-state index in [0.717, 1.165) is 4.88 Å². The molecule has 0 aliphatic heterocycles. The lowest BCUT2D eigenvalue weighted by atomic mass is 10.0. The summed E-state index contributed by atoms with van der Waals surface area (Å²) >= 11 is 7.07. The number of carbonyl (C=O) groups is 2. The Balaban J connectivity index is 1.95. The average Bonchev–Trinajstić information content (AvgIpc) is 3.05. The fourth-order valence-electron chi connectivity index (χ4n) is 2.93. The lowest BCUT2D eigenvalue weighted by Gasteiger charge is -2.10. The van der Waals surface area contributed by atoms with Gasteiger partial charge in [-0.3, -0.25) is 15.4 Å². The third-order valence-corrected chi connectivity index (χ3v) is 5.53. The van der Waals surface area contributed by atoms with E-state index in [-0.39, 0.29) is 17.9 Å². The minimum Gasteiger partial charge on any atom is -0.462 e. The van der Waals surface area contributed by atoms with Crippen LogP contribution < -0.4 is 10.6 Å². The molecule has 2 N–H and O–H groups in total. The lowest BCUT2D eigenvalue weighted by molar-refractivity contribution is -0.384. The SMILES string of the molecule is CCOC(=O)c1c(NC(=O)Nc2ccc(Cl)cc2)sc(C)c1-c1ccc([N+](=O)[O-])cc1. The summed E-state index contributed by atoms with van der Waals surface area (Å²) in [5.41, 5.74) is 1.83. The number of hydrogen-bond acceptors (Lipinski definition) is 6. The van der Waals surface area contributed by atoms with Crippen LogP contribution >= 0.6 is 22.9 Å². The molecule has 0 unspecified atom stereocenters. The normalized spacial score (nSPS) is 10.4. The highest BCUT2D eigenvalue weighted by Crippen LogP contribution is 2.41. The minimum atomic E-state index is -0.595. The van der Waals surface area contributed by atoms with Crippen molar-refractivity contribution in [3.8, 4) is 11.1 Å². The molecule has 0 atom stereocenters. The highest BCUT2D eigenvalue weighted by atomic mass is 35.5. The van der Waals surface area contributed by atoms with Gasteiger partial charge in [-0.15, -0.1) is 11.3 Å². The molecule has 0 aliphatic carbocycles. The Kier molecular flexibility index (Phi) is 6.88. The second-order valence-electron chi connectivity index (χ2n) is 6.35. The van der Waals surface area contributed by atoms with Gasteiger partial charge in [0.25, 0.3) is 5.69 Å². The summed E-state index contributed by atoms with van der Waals surface area (Å²) in [5.74, 6) is -0.595. The summed E-state index contributed by atoms with van der Waals surface area (Å²) in [5, 5.41) is 17.2. The van der Waals surface area contributed by atoms with Crippen molar-refractivity contribution >= 4 is 51.3 Å². The molecule has 31 heavy (non-hydrogen) atoms. The largest absolute Gasteiger partial charge is 0.462 e. The van der Waals surface area contributed by atoms with Gasteiger partial charge in [0.1, 0.15) is 10.6 Å². The average molecular weight is 460 g/mol. The number of thiophene rings is 1. The Bertz CT molecular complexity index is 1130. The zero-order valence-corrected chi connectivity index (χ0v) is 18.2. The van der Waals surface area contributed by atoms with Gasteiger partial charge in [0, 0.05) is 33.3 Å². The van der Waals surface area contributed by atoms with Crippen LogP contribution in [0.4, 0.5) is 21.2 Å². The van der Waals surface area contributed by atoms with Crippen molar-refractivity contribution < 1.29 is 19.2 Å². The molecule has 0 radical (unpaired) electrons. The number of aryl methyl sites for hydroxylation is 1. The van der Waals surface area contributed by atoms with Crippen molar-refractivity contribution in [2.45, 2.75) is 13.8 Å². The quantitative estimate of drug-likeness (QED) is 0.262. The van der Waals surface area contributed by atoms with E-state index < -0.39 is 16.9 Å². The summed E-state index contributed by atoms with van der Waals surface area (Å²) in [6, 6.07) is 11.9. The van der Waals surface area contributed by atoms with Crippen LogP contribution in [0.25, 0.3) is 11.1 Å². The molecule has 2 amide bonds. The maximum Gasteiger partial charge on any atom is 0.341 e. The van der Waals surface area contributed by atoms with Crippen molar-refractivity contribution in [3.05, 3.63) is 74.1 Å². The Morgan fingerprint density at radius 2 is 1.74 bits per heavy atom. The maximum atomic E-state index is 12.7. The second kappa shape index (κ2) is 9.59. The number of hydrogen-bond donors (Lipinski definition) is 2. The van der Waals surface area contributed by atoms with E-state index in [9.17, 15) is 19.7 Å². The number of nitrogens with one attached hydrogen (secondary N) is 2. The molecular formula is C21H18ClN3O5S. The van der Waals surface area contributed by atoms with E-state index in [4.69, 9.17) is 16.3 Å². The maximum absolute atomic E-state index is 12.7. The number of nitro groups is 1. The second-order valence-corrected chi connectivity index (χ2v) is 8.01. The van der Waals surface area contributed by atoms with Crippen LogP contribution in [-0.4, -0.2) is 23.5 Å². The number of non-ortho nitro benzene ring substituents is 1. The van der Waals surface area contributed by atoms with Gasteiger partial charge in [-0.2, -0.15) is 0 Å². The molecule has 0 aliphatic rings. The van der Waals surface area contributed by atoms with Gasteiger partial charge in [0.2, 0.25) is 0 Å². The van der Waals surface area contributed by atoms with Crippen molar-refractivity contribution in [1.82, 2.24) is 0 Å². The van der Waals surface area contributed by atoms with Crippen molar-refractivity contribution in [1.29, 1.82) is 0 Å². The van der Waals surface area contributed by atoms with Crippen molar-refractivity contribution in [3.63, 3.8) is 0 Å². The first-order valence-electron chi connectivity index (χ1n) is 9.19. The molecule has 1 heterocycles. The molecule has 160 valence electrons. The van der Waals surface area contributed by atoms with Crippen LogP contribution in [0.1, 0.15) is 22.2 Å². The Morgan fingerprint density at radius 3 is 2.32 bits per heavy atom. The molecule has 3 aromatic rings. The number of benzene rings is 2. The number of urea groups is 1. The first-order chi connectivity index (χ1) is 14.8. The van der Waals surface area contributed by atoms with E-state index in [1.54, 1.807) is 50.2 Å². The van der Waals surface area contributed by atoms with E-state index in [1.807, 2.05) is 0 Å². The number of nitrogens with zero attached hydrogens (tertiary/aromatic N) is 1. The summed E-state index contributed by atoms with van der Waals surface area (Å²) in [7, 11) is 0. The number of esters is 1. The Hall–Kier alpha value is -3.43. The smallest absolute Gasteiger partial charge is 0.341 e. The van der Waals surface area contributed by atoms with Crippen molar-refractivity contribution in [2.75, 3.05) is 17.2 Å². The predicted octanol–water partition coefficient (Wildman–Crippen LogP) is 6.11. The van der Waals surface area contributed by atoms with Crippen LogP contribution in [0.2, 0.25) is 5.02 Å². The zero-order chi connectivity index (χ0) is 22.5. The molecule has 3 rings (SSSR count). The standard InChI is InChI=1S/C21H18ClN3O5S/c1-3-30-20(26)18-17(13-4-10-16(11-5-13)25(28)29)12(2)31-19(18)24-21(27)23-15-8-6-14(22)7-9-15/h4-11H,3H2,1-2H3,(H2,23,24,27). The molecule has 8 nitrogen and oxygen atoms in total. The summed E-state index contributed by atoms with van der Waals surface area (Å²) < 4.78 is 5.19. The number of ether oxygens (including phenoxy) is 1. The highest BCUT2D eigenvalue weighted by molar-refractivity contribution is 7.17. The van der Waals surface area contributed by atoms with Gasteiger partial charge in [0.15, 0.2) is 0 Å².